The zero-order chi connectivity index (χ0) is 19.1. The third kappa shape index (κ3) is 3.61. The number of amides is 2. The third-order valence-corrected chi connectivity index (χ3v) is 6.10. The molecule has 4 aliphatic rings. The number of benzene rings is 1. The van der Waals surface area contributed by atoms with Crippen LogP contribution in [0.5, 0.6) is 5.75 Å². The van der Waals surface area contributed by atoms with Gasteiger partial charge in [-0.15, -0.1) is 0 Å². The van der Waals surface area contributed by atoms with E-state index in [0.29, 0.717) is 18.8 Å². The third-order valence-electron chi connectivity index (χ3n) is 6.10. The molecule has 4 atom stereocenters. The highest BCUT2D eigenvalue weighted by Gasteiger charge is 2.49. The lowest BCUT2D eigenvalue weighted by atomic mass is 9.96. The van der Waals surface area contributed by atoms with Crippen molar-refractivity contribution < 1.29 is 23.8 Å². The van der Waals surface area contributed by atoms with Gasteiger partial charge < -0.3 is 24.8 Å². The zero-order valence-electron chi connectivity index (χ0n) is 15.8. The zero-order valence-corrected chi connectivity index (χ0v) is 15.8. The Kier molecular flexibility index (Phi) is 4.72. The van der Waals surface area contributed by atoms with Crippen molar-refractivity contribution in [1.29, 1.82) is 0 Å². The Balaban J connectivity index is 1.18. The summed E-state index contributed by atoms with van der Waals surface area (Å²) in [6.45, 7) is 0.806. The Labute approximate surface area is 164 Å². The molecule has 0 spiro atoms. The van der Waals surface area contributed by atoms with Crippen molar-refractivity contribution in [2.45, 2.75) is 62.5 Å². The van der Waals surface area contributed by atoms with Gasteiger partial charge in [0, 0.05) is 11.5 Å². The maximum absolute atomic E-state index is 12.7. The first-order valence-corrected chi connectivity index (χ1v) is 10.3. The van der Waals surface area contributed by atoms with E-state index in [9.17, 15) is 9.59 Å². The summed E-state index contributed by atoms with van der Waals surface area (Å²) in [6, 6.07) is 6.93. The van der Waals surface area contributed by atoms with Crippen molar-refractivity contribution in [3.05, 3.63) is 29.8 Å². The first kappa shape index (κ1) is 17.9. The molecule has 2 N–H and O–H groups in total. The molecule has 0 bridgehead atoms. The fraction of sp³-hybridized carbons (Fsp3) is 0.619. The molecular weight excluding hydrogens is 360 g/mol. The summed E-state index contributed by atoms with van der Waals surface area (Å²) in [4.78, 5) is 24.7. The number of hydrogen-bond donors (Lipinski definition) is 2. The predicted octanol–water partition coefficient (Wildman–Crippen LogP) is 1.41. The molecule has 7 heteroatoms. The van der Waals surface area contributed by atoms with Gasteiger partial charge in [-0.05, 0) is 50.3 Å². The molecule has 2 saturated carbocycles. The van der Waals surface area contributed by atoms with Crippen LogP contribution in [0.4, 0.5) is 0 Å². The Morgan fingerprint density at radius 2 is 1.68 bits per heavy atom. The van der Waals surface area contributed by atoms with Crippen molar-refractivity contribution in [1.82, 2.24) is 10.6 Å². The van der Waals surface area contributed by atoms with E-state index in [1.54, 1.807) is 12.1 Å². The molecular formula is C21H26N2O5. The average molecular weight is 386 g/mol. The fourth-order valence-electron chi connectivity index (χ4n) is 4.04. The summed E-state index contributed by atoms with van der Waals surface area (Å²) in [6.07, 6.45) is 5.13. The summed E-state index contributed by atoms with van der Waals surface area (Å²) < 4.78 is 17.6. The summed E-state index contributed by atoms with van der Waals surface area (Å²) in [5.41, 5.74) is 0.567. The molecule has 0 aromatic heterocycles. The maximum Gasteiger partial charge on any atom is 0.251 e. The van der Waals surface area contributed by atoms with E-state index >= 15 is 0 Å². The second-order valence-corrected chi connectivity index (χ2v) is 8.26. The molecule has 7 nitrogen and oxygen atoms in total. The monoisotopic (exact) mass is 386 g/mol. The summed E-state index contributed by atoms with van der Waals surface area (Å²) >= 11 is 0. The first-order chi connectivity index (χ1) is 13.7. The van der Waals surface area contributed by atoms with Gasteiger partial charge in [0.1, 0.15) is 18.0 Å². The molecule has 0 radical (unpaired) electrons. The molecule has 5 rings (SSSR count). The molecule has 1 aromatic carbocycles. The Morgan fingerprint density at radius 3 is 2.32 bits per heavy atom. The number of fused-ring (bicyclic) bond motifs is 1. The number of hydrogen-bond acceptors (Lipinski definition) is 5. The van der Waals surface area contributed by atoms with Gasteiger partial charge in [0.05, 0.1) is 31.4 Å². The topological polar surface area (TPSA) is 85.9 Å². The molecule has 2 aliphatic carbocycles. The lowest BCUT2D eigenvalue weighted by Crippen LogP contribution is -2.47. The summed E-state index contributed by atoms with van der Waals surface area (Å²) in [5.74, 6) is 0.819. The number of carbonyl (C=O) groups is 2. The normalized spacial score (nSPS) is 31.7. The quantitative estimate of drug-likeness (QED) is 0.772. The van der Waals surface area contributed by atoms with E-state index in [0.717, 1.165) is 31.4 Å². The highest BCUT2D eigenvalue weighted by atomic mass is 16.6. The van der Waals surface area contributed by atoms with Crippen LogP contribution in [0.2, 0.25) is 0 Å². The van der Waals surface area contributed by atoms with Gasteiger partial charge in [-0.25, -0.2) is 0 Å². The van der Waals surface area contributed by atoms with Crippen LogP contribution >= 0.6 is 0 Å². The fourth-order valence-corrected chi connectivity index (χ4v) is 4.04. The predicted molar refractivity (Wildman–Crippen MR) is 100 cm³/mol. The standard InChI is InChI=1S/C21H26N2O5/c24-20(12-7-8-12)22-16-10-26-19-17(11-27-18(16)19)23-21(25)13-3-1-6-15(9-13)28-14-4-2-5-14/h1,3,6,9,12,14,16-19H,2,4-5,7-8,10-11H2,(H,22,24)(H,23,25). The lowest BCUT2D eigenvalue weighted by molar-refractivity contribution is -0.123. The molecule has 150 valence electrons. The van der Waals surface area contributed by atoms with Crippen molar-refractivity contribution in [3.8, 4) is 5.75 Å². The first-order valence-electron chi connectivity index (χ1n) is 10.3. The van der Waals surface area contributed by atoms with Crippen LogP contribution in [0.25, 0.3) is 0 Å². The van der Waals surface area contributed by atoms with Crippen LogP contribution in [-0.2, 0) is 14.3 Å². The molecule has 4 fully saturated rings. The minimum atomic E-state index is -0.233. The van der Waals surface area contributed by atoms with Gasteiger partial charge in [-0.3, -0.25) is 9.59 Å². The van der Waals surface area contributed by atoms with Gasteiger partial charge in [0.15, 0.2) is 0 Å². The Morgan fingerprint density at radius 1 is 0.964 bits per heavy atom. The lowest BCUT2D eigenvalue weighted by Gasteiger charge is -2.26. The molecule has 4 unspecified atom stereocenters. The Hall–Kier alpha value is -2.12. The molecule has 2 heterocycles. The molecule has 2 saturated heterocycles. The van der Waals surface area contributed by atoms with Gasteiger partial charge in [-0.1, -0.05) is 6.07 Å². The molecule has 1 aromatic rings. The van der Waals surface area contributed by atoms with Crippen LogP contribution < -0.4 is 15.4 Å². The van der Waals surface area contributed by atoms with Crippen molar-refractivity contribution >= 4 is 11.8 Å². The molecule has 2 amide bonds. The van der Waals surface area contributed by atoms with E-state index in [1.165, 1.54) is 6.42 Å². The van der Waals surface area contributed by atoms with Crippen molar-refractivity contribution in [3.63, 3.8) is 0 Å². The van der Waals surface area contributed by atoms with E-state index in [1.807, 2.05) is 12.1 Å². The second kappa shape index (κ2) is 7.37. The van der Waals surface area contributed by atoms with E-state index < -0.39 is 0 Å². The molecule has 2 aliphatic heterocycles. The van der Waals surface area contributed by atoms with Crippen molar-refractivity contribution in [2.75, 3.05) is 13.2 Å². The number of nitrogens with one attached hydrogen (secondary N) is 2. The highest BCUT2D eigenvalue weighted by Crippen LogP contribution is 2.32. The average Bonchev–Trinajstić information content (AvgIpc) is 3.34. The SMILES string of the molecule is O=C(NC1COC2C(NC(=O)C3CC3)COC12)c1cccc(OC2CCC2)c1. The van der Waals surface area contributed by atoms with Gasteiger partial charge >= 0.3 is 0 Å². The van der Waals surface area contributed by atoms with Crippen LogP contribution in [0.3, 0.4) is 0 Å². The smallest absolute Gasteiger partial charge is 0.251 e. The van der Waals surface area contributed by atoms with Gasteiger partial charge in [0.2, 0.25) is 5.91 Å². The maximum atomic E-state index is 12.7. The van der Waals surface area contributed by atoms with E-state index in [4.69, 9.17) is 14.2 Å². The molecule has 28 heavy (non-hydrogen) atoms. The largest absolute Gasteiger partial charge is 0.490 e. The highest BCUT2D eigenvalue weighted by molar-refractivity contribution is 5.94. The minimum Gasteiger partial charge on any atom is -0.490 e. The van der Waals surface area contributed by atoms with Crippen molar-refractivity contribution in [2.24, 2.45) is 5.92 Å². The van der Waals surface area contributed by atoms with Crippen LogP contribution in [0.1, 0.15) is 42.5 Å². The van der Waals surface area contributed by atoms with E-state index in [2.05, 4.69) is 10.6 Å². The second-order valence-electron chi connectivity index (χ2n) is 8.26. The Bertz CT molecular complexity index is 761. The summed E-state index contributed by atoms with van der Waals surface area (Å²) in [7, 11) is 0. The van der Waals surface area contributed by atoms with Gasteiger partial charge in [-0.2, -0.15) is 0 Å². The number of rotatable bonds is 6. The van der Waals surface area contributed by atoms with Crippen LogP contribution in [0, 0.1) is 5.92 Å². The number of carbonyl (C=O) groups excluding carboxylic acids is 2. The van der Waals surface area contributed by atoms with Crippen LogP contribution in [-0.4, -0.2) is 55.4 Å². The van der Waals surface area contributed by atoms with Gasteiger partial charge in [0.25, 0.3) is 5.91 Å². The number of ether oxygens (including phenoxy) is 3. The minimum absolute atomic E-state index is 0.0913. The van der Waals surface area contributed by atoms with Crippen LogP contribution in [0.15, 0.2) is 24.3 Å². The summed E-state index contributed by atoms with van der Waals surface area (Å²) in [5, 5.41) is 6.06. The van der Waals surface area contributed by atoms with E-state index in [-0.39, 0.29) is 48.1 Å².